The lowest BCUT2D eigenvalue weighted by Gasteiger charge is -2.24. The van der Waals surface area contributed by atoms with Gasteiger partial charge in [0.15, 0.2) is 0 Å². The molecule has 0 aliphatic heterocycles. The average Bonchev–Trinajstić information content (AvgIpc) is 2.95. The maximum Gasteiger partial charge on any atom is 0.227 e. The van der Waals surface area contributed by atoms with E-state index in [0.717, 1.165) is 39.2 Å². The average molecular weight is 426 g/mol. The fraction of sp³-hybridized carbons (Fsp3) is 0.185. The molecule has 1 aliphatic carbocycles. The number of hydrogen-bond donors (Lipinski definition) is 2. The minimum atomic E-state index is -0.173. The second-order valence-corrected chi connectivity index (χ2v) is 8.26. The first kappa shape index (κ1) is 20.3. The van der Waals surface area contributed by atoms with E-state index in [2.05, 4.69) is 29.4 Å². The number of aliphatic hydroxyl groups excluding tert-OH is 1. The van der Waals surface area contributed by atoms with Crippen LogP contribution in [-0.4, -0.2) is 15.1 Å². The maximum absolute atomic E-state index is 14.7. The zero-order chi connectivity index (χ0) is 22.1. The van der Waals surface area contributed by atoms with E-state index in [1.54, 1.807) is 6.07 Å². The Morgan fingerprint density at radius 2 is 1.78 bits per heavy atom. The molecule has 5 heteroatoms. The van der Waals surface area contributed by atoms with Crippen LogP contribution in [-0.2, 0) is 13.0 Å². The van der Waals surface area contributed by atoms with Crippen molar-refractivity contribution in [3.05, 3.63) is 107 Å². The van der Waals surface area contributed by atoms with Crippen LogP contribution in [0.3, 0.4) is 0 Å². The second kappa shape index (κ2) is 8.52. The van der Waals surface area contributed by atoms with Gasteiger partial charge in [0, 0.05) is 17.4 Å². The number of benzene rings is 3. The minimum Gasteiger partial charge on any atom is -0.392 e. The lowest BCUT2D eigenvalue weighted by Crippen LogP contribution is -2.12. The molecule has 0 bridgehead atoms. The summed E-state index contributed by atoms with van der Waals surface area (Å²) in [4.78, 5) is 9.43. The Kier molecular flexibility index (Phi) is 5.41. The van der Waals surface area contributed by atoms with E-state index in [-0.39, 0.29) is 24.3 Å². The van der Waals surface area contributed by atoms with Gasteiger partial charge in [-0.15, -0.1) is 0 Å². The molecule has 2 N–H and O–H groups in total. The number of aliphatic hydroxyl groups is 1. The molecule has 1 aromatic heterocycles. The molecule has 3 aromatic carbocycles. The third kappa shape index (κ3) is 3.76. The Bertz CT molecular complexity index is 1270. The first-order valence-corrected chi connectivity index (χ1v) is 10.8. The van der Waals surface area contributed by atoms with Gasteiger partial charge >= 0.3 is 0 Å². The second-order valence-electron chi connectivity index (χ2n) is 8.26. The van der Waals surface area contributed by atoms with Crippen molar-refractivity contribution in [3.63, 3.8) is 0 Å². The monoisotopic (exact) mass is 425 g/mol. The number of aromatic nitrogens is 2. The van der Waals surface area contributed by atoms with Crippen LogP contribution in [0.4, 0.5) is 16.0 Å². The van der Waals surface area contributed by atoms with Crippen LogP contribution in [0.1, 0.15) is 41.0 Å². The molecule has 0 saturated carbocycles. The Morgan fingerprint density at radius 3 is 2.59 bits per heavy atom. The van der Waals surface area contributed by atoms with E-state index in [1.165, 1.54) is 6.07 Å². The van der Waals surface area contributed by atoms with Gasteiger partial charge in [0.05, 0.1) is 12.3 Å². The molecule has 0 fully saturated rings. The highest BCUT2D eigenvalue weighted by molar-refractivity contribution is 5.71. The fourth-order valence-corrected chi connectivity index (χ4v) is 4.62. The van der Waals surface area contributed by atoms with Crippen molar-refractivity contribution >= 4 is 11.6 Å². The summed E-state index contributed by atoms with van der Waals surface area (Å²) in [5, 5.41) is 12.7. The van der Waals surface area contributed by atoms with Crippen LogP contribution in [0.25, 0.3) is 11.3 Å². The molecule has 0 spiro atoms. The van der Waals surface area contributed by atoms with Crippen molar-refractivity contribution in [2.45, 2.75) is 31.8 Å². The third-order valence-corrected chi connectivity index (χ3v) is 6.28. The summed E-state index contributed by atoms with van der Waals surface area (Å²) in [6.45, 7) is 2.14. The van der Waals surface area contributed by atoms with Gasteiger partial charge in [-0.3, -0.25) is 0 Å². The molecule has 4 nitrogen and oxygen atoms in total. The standard InChI is InChI=1S/C27H24FN3O/c1-17-21-9-2-3-11-23(21)26-19(14-24(17)22-10-4-5-12-25(22)28)15-29-27(31-26)30-20-8-6-7-18(13-20)16-32/h2-13,15,17,24,32H,14,16H2,1H3,(H,29,30,31). The van der Waals surface area contributed by atoms with Crippen LogP contribution in [0, 0.1) is 5.82 Å². The molecule has 0 saturated heterocycles. The smallest absolute Gasteiger partial charge is 0.227 e. The summed E-state index contributed by atoms with van der Waals surface area (Å²) >= 11 is 0. The minimum absolute atomic E-state index is 0.0118. The van der Waals surface area contributed by atoms with Crippen molar-refractivity contribution in [2.75, 3.05) is 5.32 Å². The lowest BCUT2D eigenvalue weighted by atomic mass is 9.80. The molecular weight excluding hydrogens is 401 g/mol. The highest BCUT2D eigenvalue weighted by atomic mass is 19.1. The van der Waals surface area contributed by atoms with E-state index >= 15 is 0 Å². The van der Waals surface area contributed by atoms with Gasteiger partial charge in [0.2, 0.25) is 5.95 Å². The van der Waals surface area contributed by atoms with E-state index in [4.69, 9.17) is 4.98 Å². The van der Waals surface area contributed by atoms with Crippen LogP contribution in [0.2, 0.25) is 0 Å². The predicted octanol–water partition coefficient (Wildman–Crippen LogP) is 5.96. The number of rotatable bonds is 4. The van der Waals surface area contributed by atoms with Gasteiger partial charge < -0.3 is 10.4 Å². The summed E-state index contributed by atoms with van der Waals surface area (Å²) < 4.78 is 14.7. The van der Waals surface area contributed by atoms with Crippen LogP contribution < -0.4 is 5.32 Å². The number of nitrogens with zero attached hydrogens (tertiary/aromatic N) is 2. The molecule has 1 heterocycles. The Morgan fingerprint density at radius 1 is 1.00 bits per heavy atom. The lowest BCUT2D eigenvalue weighted by molar-refractivity contribution is 0.282. The predicted molar refractivity (Wildman–Crippen MR) is 124 cm³/mol. The molecule has 0 amide bonds. The van der Waals surface area contributed by atoms with Crippen LogP contribution in [0.15, 0.2) is 79.0 Å². The zero-order valence-electron chi connectivity index (χ0n) is 17.8. The molecule has 160 valence electrons. The number of fused-ring (bicyclic) bond motifs is 3. The molecule has 32 heavy (non-hydrogen) atoms. The number of halogens is 1. The van der Waals surface area contributed by atoms with Gasteiger partial charge in [0.25, 0.3) is 0 Å². The van der Waals surface area contributed by atoms with Gasteiger partial charge in [-0.2, -0.15) is 0 Å². The highest BCUT2D eigenvalue weighted by Crippen LogP contribution is 2.44. The fourth-order valence-electron chi connectivity index (χ4n) is 4.62. The van der Waals surface area contributed by atoms with Crippen molar-refractivity contribution in [3.8, 4) is 11.3 Å². The third-order valence-electron chi connectivity index (χ3n) is 6.28. The largest absolute Gasteiger partial charge is 0.392 e. The molecule has 0 radical (unpaired) electrons. The summed E-state index contributed by atoms with van der Waals surface area (Å²) in [6.07, 6.45) is 2.51. The number of hydrogen-bond acceptors (Lipinski definition) is 4. The zero-order valence-corrected chi connectivity index (χ0v) is 17.8. The first-order chi connectivity index (χ1) is 15.6. The van der Waals surface area contributed by atoms with E-state index in [9.17, 15) is 9.50 Å². The summed E-state index contributed by atoms with van der Waals surface area (Å²) in [5.41, 5.74) is 6.46. The SMILES string of the molecule is CC1c2ccccc2-c2nc(Nc3cccc(CO)c3)ncc2CC1c1ccccc1F. The molecule has 4 aromatic rings. The molecular formula is C27H24FN3O. The summed E-state index contributed by atoms with van der Waals surface area (Å²) in [7, 11) is 0. The summed E-state index contributed by atoms with van der Waals surface area (Å²) in [6, 6.07) is 22.8. The first-order valence-electron chi connectivity index (χ1n) is 10.8. The number of nitrogens with one attached hydrogen (secondary N) is 1. The quantitative estimate of drug-likeness (QED) is 0.423. The molecule has 1 aliphatic rings. The van der Waals surface area contributed by atoms with Gasteiger partial charge in [-0.05, 0) is 58.7 Å². The van der Waals surface area contributed by atoms with Crippen LogP contribution in [0.5, 0.6) is 0 Å². The topological polar surface area (TPSA) is 58.0 Å². The van der Waals surface area contributed by atoms with E-state index < -0.39 is 0 Å². The summed E-state index contributed by atoms with van der Waals surface area (Å²) in [5.74, 6) is 0.427. The van der Waals surface area contributed by atoms with Gasteiger partial charge in [0.1, 0.15) is 5.82 Å². The van der Waals surface area contributed by atoms with Crippen LogP contribution >= 0.6 is 0 Å². The van der Waals surface area contributed by atoms with E-state index in [1.807, 2.05) is 54.7 Å². The van der Waals surface area contributed by atoms with Gasteiger partial charge in [-0.25, -0.2) is 14.4 Å². The molecule has 2 atom stereocenters. The molecule has 5 rings (SSSR count). The van der Waals surface area contributed by atoms with Gasteiger partial charge in [-0.1, -0.05) is 61.5 Å². The Balaban J connectivity index is 1.59. The maximum atomic E-state index is 14.7. The van der Waals surface area contributed by atoms with Crippen molar-refractivity contribution in [2.24, 2.45) is 0 Å². The van der Waals surface area contributed by atoms with Crippen molar-refractivity contribution < 1.29 is 9.50 Å². The van der Waals surface area contributed by atoms with Crippen molar-refractivity contribution in [1.29, 1.82) is 0 Å². The Hall–Kier alpha value is -3.57. The Labute approximate surface area is 186 Å². The number of anilines is 2. The molecule has 2 unspecified atom stereocenters. The normalized spacial score (nSPS) is 17.2. The van der Waals surface area contributed by atoms with Crippen molar-refractivity contribution in [1.82, 2.24) is 9.97 Å². The highest BCUT2D eigenvalue weighted by Gasteiger charge is 2.31. The van der Waals surface area contributed by atoms with E-state index in [0.29, 0.717) is 12.4 Å².